The van der Waals surface area contributed by atoms with E-state index in [0.717, 1.165) is 10.6 Å². The first kappa shape index (κ1) is 11.3. The molecule has 1 saturated carbocycles. The smallest absolute Gasteiger partial charge is 0.0454 e. The number of hydrogen-bond donors (Lipinski definition) is 1. The zero-order valence-electron chi connectivity index (χ0n) is 8.55. The normalized spacial score (nSPS) is 19.4. The fraction of sp³-hybridized carbons (Fsp3) is 0.500. The minimum absolute atomic E-state index is 0.0405. The number of nitrogens with two attached hydrogens (primary N) is 1. The van der Waals surface area contributed by atoms with E-state index in [4.69, 9.17) is 28.9 Å². The molecule has 0 heterocycles. The molecule has 82 valence electrons. The Labute approximate surface area is 101 Å². The molecule has 1 aromatic rings. The van der Waals surface area contributed by atoms with Crippen LogP contribution < -0.4 is 5.73 Å². The van der Waals surface area contributed by atoms with Crippen LogP contribution >= 0.6 is 23.2 Å². The fourth-order valence-electron chi connectivity index (χ4n) is 2.34. The summed E-state index contributed by atoms with van der Waals surface area (Å²) < 4.78 is 0. The van der Waals surface area contributed by atoms with Crippen LogP contribution in [-0.4, -0.2) is 0 Å². The van der Waals surface area contributed by atoms with Crippen molar-refractivity contribution < 1.29 is 0 Å². The molecule has 0 aromatic heterocycles. The van der Waals surface area contributed by atoms with Crippen molar-refractivity contribution in [1.82, 2.24) is 0 Å². The third kappa shape index (κ3) is 2.47. The van der Waals surface area contributed by atoms with Gasteiger partial charge in [-0.1, -0.05) is 36.0 Å². The first-order valence-electron chi connectivity index (χ1n) is 5.39. The minimum Gasteiger partial charge on any atom is -0.324 e. The second-order valence-corrected chi connectivity index (χ2v) is 5.08. The van der Waals surface area contributed by atoms with E-state index < -0.39 is 0 Å². The highest BCUT2D eigenvalue weighted by molar-refractivity contribution is 6.33. The van der Waals surface area contributed by atoms with E-state index in [1.165, 1.54) is 25.7 Å². The van der Waals surface area contributed by atoms with Crippen LogP contribution in [0.15, 0.2) is 18.2 Å². The summed E-state index contributed by atoms with van der Waals surface area (Å²) in [5.74, 6) is 0.570. The zero-order valence-corrected chi connectivity index (χ0v) is 10.1. The Hall–Kier alpha value is -0.240. The van der Waals surface area contributed by atoms with Crippen molar-refractivity contribution in [3.05, 3.63) is 33.8 Å². The first-order valence-corrected chi connectivity index (χ1v) is 6.14. The molecule has 2 rings (SSSR count). The lowest BCUT2D eigenvalue weighted by Crippen LogP contribution is -2.19. The highest BCUT2D eigenvalue weighted by Gasteiger charge is 2.24. The molecule has 0 radical (unpaired) electrons. The van der Waals surface area contributed by atoms with Gasteiger partial charge in [-0.2, -0.15) is 0 Å². The Kier molecular flexibility index (Phi) is 3.55. The van der Waals surface area contributed by atoms with E-state index >= 15 is 0 Å². The molecular formula is C12H15Cl2N. The maximum Gasteiger partial charge on any atom is 0.0454 e. The summed E-state index contributed by atoms with van der Waals surface area (Å²) in [5, 5.41) is 1.45. The Balaban J connectivity index is 2.23. The van der Waals surface area contributed by atoms with E-state index in [0.29, 0.717) is 10.9 Å². The van der Waals surface area contributed by atoms with Gasteiger partial charge in [0.2, 0.25) is 0 Å². The topological polar surface area (TPSA) is 26.0 Å². The highest BCUT2D eigenvalue weighted by atomic mass is 35.5. The molecule has 0 bridgehead atoms. The maximum absolute atomic E-state index is 6.23. The van der Waals surface area contributed by atoms with Crippen LogP contribution in [0, 0.1) is 5.92 Å². The Morgan fingerprint density at radius 3 is 2.53 bits per heavy atom. The van der Waals surface area contributed by atoms with Crippen molar-refractivity contribution in [3.63, 3.8) is 0 Å². The van der Waals surface area contributed by atoms with E-state index in [2.05, 4.69) is 0 Å². The molecule has 15 heavy (non-hydrogen) atoms. The number of halogens is 2. The molecule has 1 aromatic carbocycles. The van der Waals surface area contributed by atoms with Crippen LogP contribution in [0.3, 0.4) is 0 Å². The number of benzene rings is 1. The summed E-state index contributed by atoms with van der Waals surface area (Å²) in [6.45, 7) is 0. The third-order valence-electron chi connectivity index (χ3n) is 3.22. The summed E-state index contributed by atoms with van der Waals surface area (Å²) in [6.07, 6.45) is 5.00. The molecular weight excluding hydrogens is 229 g/mol. The van der Waals surface area contributed by atoms with Crippen LogP contribution in [-0.2, 0) is 0 Å². The van der Waals surface area contributed by atoms with Crippen LogP contribution in [0.25, 0.3) is 0 Å². The van der Waals surface area contributed by atoms with Gasteiger partial charge in [0.1, 0.15) is 0 Å². The Bertz CT molecular complexity index is 345. The second-order valence-electron chi connectivity index (χ2n) is 4.24. The van der Waals surface area contributed by atoms with Crippen molar-refractivity contribution in [2.45, 2.75) is 31.7 Å². The molecule has 1 atom stereocenters. The van der Waals surface area contributed by atoms with E-state index in [1.807, 2.05) is 12.1 Å². The van der Waals surface area contributed by atoms with Crippen molar-refractivity contribution in [1.29, 1.82) is 0 Å². The van der Waals surface area contributed by atoms with Gasteiger partial charge in [0.05, 0.1) is 0 Å². The van der Waals surface area contributed by atoms with E-state index in [9.17, 15) is 0 Å². The fourth-order valence-corrected chi connectivity index (χ4v) is 2.76. The molecule has 0 unspecified atom stereocenters. The van der Waals surface area contributed by atoms with Crippen molar-refractivity contribution in [3.8, 4) is 0 Å². The van der Waals surface area contributed by atoms with Gasteiger partial charge >= 0.3 is 0 Å². The van der Waals surface area contributed by atoms with Crippen LogP contribution in [0.1, 0.15) is 37.3 Å². The molecule has 1 aliphatic rings. The van der Waals surface area contributed by atoms with Gasteiger partial charge in [-0.3, -0.25) is 0 Å². The second kappa shape index (κ2) is 4.73. The summed E-state index contributed by atoms with van der Waals surface area (Å²) in [6, 6.07) is 5.56. The predicted octanol–water partition coefficient (Wildman–Crippen LogP) is 4.18. The van der Waals surface area contributed by atoms with Crippen LogP contribution in [0.2, 0.25) is 10.0 Å². The van der Waals surface area contributed by atoms with Gasteiger partial charge in [-0.15, -0.1) is 0 Å². The summed E-state index contributed by atoms with van der Waals surface area (Å²) >= 11 is 12.1. The number of rotatable bonds is 2. The van der Waals surface area contributed by atoms with Crippen molar-refractivity contribution in [2.75, 3.05) is 0 Å². The summed E-state index contributed by atoms with van der Waals surface area (Å²) in [4.78, 5) is 0. The van der Waals surface area contributed by atoms with Gasteiger partial charge in [-0.05, 0) is 42.5 Å². The lowest BCUT2D eigenvalue weighted by atomic mass is 9.92. The van der Waals surface area contributed by atoms with Gasteiger partial charge in [0, 0.05) is 16.1 Å². The van der Waals surface area contributed by atoms with E-state index in [1.54, 1.807) is 6.07 Å². The van der Waals surface area contributed by atoms with Crippen molar-refractivity contribution in [2.24, 2.45) is 11.7 Å². The molecule has 0 spiro atoms. The average Bonchev–Trinajstić information content (AvgIpc) is 2.74. The predicted molar refractivity (Wildman–Crippen MR) is 65.3 cm³/mol. The molecule has 0 saturated heterocycles. The lowest BCUT2D eigenvalue weighted by molar-refractivity contribution is 0.445. The molecule has 0 amide bonds. The largest absolute Gasteiger partial charge is 0.324 e. The van der Waals surface area contributed by atoms with Crippen LogP contribution in [0.4, 0.5) is 0 Å². The molecule has 1 aliphatic carbocycles. The number of hydrogen-bond acceptors (Lipinski definition) is 1. The Morgan fingerprint density at radius 2 is 1.87 bits per heavy atom. The molecule has 3 heteroatoms. The molecule has 0 aliphatic heterocycles. The quantitative estimate of drug-likeness (QED) is 0.829. The lowest BCUT2D eigenvalue weighted by Gasteiger charge is -2.20. The standard InChI is InChI=1S/C12H15Cl2N/c13-9-5-6-11(14)10(7-9)12(15)8-3-1-2-4-8/h5-8,12H,1-4,15H2/t12-/m0/s1. The van der Waals surface area contributed by atoms with Gasteiger partial charge in [-0.25, -0.2) is 0 Å². The zero-order chi connectivity index (χ0) is 10.8. The van der Waals surface area contributed by atoms with Gasteiger partial charge < -0.3 is 5.73 Å². The van der Waals surface area contributed by atoms with Crippen molar-refractivity contribution >= 4 is 23.2 Å². The third-order valence-corrected chi connectivity index (χ3v) is 3.80. The SMILES string of the molecule is N[C@H](c1cc(Cl)ccc1Cl)C1CCCC1. The maximum atomic E-state index is 6.23. The molecule has 1 nitrogen and oxygen atoms in total. The highest BCUT2D eigenvalue weighted by Crippen LogP contribution is 2.37. The van der Waals surface area contributed by atoms with Gasteiger partial charge in [0.15, 0.2) is 0 Å². The first-order chi connectivity index (χ1) is 7.18. The monoisotopic (exact) mass is 243 g/mol. The minimum atomic E-state index is 0.0405. The molecule has 2 N–H and O–H groups in total. The summed E-state index contributed by atoms with van der Waals surface area (Å²) in [5.41, 5.74) is 7.22. The van der Waals surface area contributed by atoms with Gasteiger partial charge in [0.25, 0.3) is 0 Å². The van der Waals surface area contributed by atoms with E-state index in [-0.39, 0.29) is 6.04 Å². The Morgan fingerprint density at radius 1 is 1.20 bits per heavy atom. The summed E-state index contributed by atoms with van der Waals surface area (Å²) in [7, 11) is 0. The molecule has 1 fully saturated rings. The van der Waals surface area contributed by atoms with Crippen LogP contribution in [0.5, 0.6) is 0 Å². The average molecular weight is 244 g/mol.